The molecule has 0 saturated carbocycles. The van der Waals surface area contributed by atoms with Crippen molar-refractivity contribution in [1.82, 2.24) is 14.9 Å². The highest BCUT2D eigenvalue weighted by atomic mass is 32.2. The van der Waals surface area contributed by atoms with Gasteiger partial charge in [0, 0.05) is 29.3 Å². The molecule has 0 bridgehead atoms. The molecular formula is C20H20N4O4S2. The van der Waals surface area contributed by atoms with Crippen LogP contribution >= 0.6 is 23.1 Å². The maximum Gasteiger partial charge on any atom is 0.272 e. The van der Waals surface area contributed by atoms with E-state index in [1.165, 1.54) is 24.3 Å². The van der Waals surface area contributed by atoms with Crippen molar-refractivity contribution in [2.24, 2.45) is 0 Å². The van der Waals surface area contributed by atoms with E-state index in [-0.39, 0.29) is 16.4 Å². The smallest absolute Gasteiger partial charge is 0.272 e. The molecule has 0 aliphatic heterocycles. The molecule has 156 valence electrons. The molecule has 3 rings (SSSR count). The number of nitro benzene ring substituents is 1. The van der Waals surface area contributed by atoms with E-state index in [0.717, 1.165) is 21.4 Å². The quantitative estimate of drug-likeness (QED) is 0.323. The first-order valence-corrected chi connectivity index (χ1v) is 10.8. The highest BCUT2D eigenvalue weighted by Crippen LogP contribution is 2.27. The minimum absolute atomic E-state index is 0.0313. The molecule has 0 unspecified atom stereocenters. The zero-order valence-corrected chi connectivity index (χ0v) is 18.0. The van der Waals surface area contributed by atoms with Gasteiger partial charge in [0.2, 0.25) is 0 Å². The van der Waals surface area contributed by atoms with Crippen molar-refractivity contribution in [2.75, 3.05) is 26.4 Å². The Morgan fingerprint density at radius 1 is 1.10 bits per heavy atom. The second kappa shape index (κ2) is 9.70. The number of benzene rings is 1. The maximum atomic E-state index is 12.4. The molecule has 30 heavy (non-hydrogen) atoms. The van der Waals surface area contributed by atoms with Crippen molar-refractivity contribution >= 4 is 40.9 Å². The Kier molecular flexibility index (Phi) is 7.03. The Morgan fingerprint density at radius 3 is 2.47 bits per heavy atom. The Hall–Kier alpha value is -2.95. The van der Waals surface area contributed by atoms with Crippen molar-refractivity contribution in [3.8, 4) is 0 Å². The van der Waals surface area contributed by atoms with E-state index in [1.807, 2.05) is 26.2 Å². The largest absolute Gasteiger partial charge is 0.316 e. The number of nitrogens with one attached hydrogen (secondary N) is 2. The van der Waals surface area contributed by atoms with Crippen LogP contribution in [0.3, 0.4) is 0 Å². The maximum absolute atomic E-state index is 12.4. The summed E-state index contributed by atoms with van der Waals surface area (Å²) in [6, 6.07) is 9.72. The minimum Gasteiger partial charge on any atom is -0.316 e. The first-order chi connectivity index (χ1) is 14.3. The van der Waals surface area contributed by atoms with Crippen LogP contribution in [0.5, 0.6) is 0 Å². The summed E-state index contributed by atoms with van der Waals surface area (Å²) in [5, 5.41) is 11.1. The first-order valence-electron chi connectivity index (χ1n) is 9.00. The highest BCUT2D eigenvalue weighted by Gasteiger charge is 2.05. The molecule has 0 radical (unpaired) electrons. The van der Waals surface area contributed by atoms with Crippen molar-refractivity contribution in [1.29, 1.82) is 0 Å². The predicted octanol–water partition coefficient (Wildman–Crippen LogP) is 1.34. The fraction of sp³-hybridized carbons (Fsp3) is 0.200. The lowest BCUT2D eigenvalue weighted by atomic mass is 10.2. The van der Waals surface area contributed by atoms with Gasteiger partial charge < -0.3 is 14.9 Å². The average molecular weight is 445 g/mol. The van der Waals surface area contributed by atoms with Gasteiger partial charge in [-0.05, 0) is 43.9 Å². The van der Waals surface area contributed by atoms with E-state index < -0.39 is 16.0 Å². The number of hydrogen-bond acceptors (Lipinski definition) is 7. The molecular weight excluding hydrogens is 424 g/mol. The molecule has 0 aliphatic rings. The number of aromatic amines is 2. The number of non-ortho nitro benzene ring substituents is 1. The van der Waals surface area contributed by atoms with Crippen LogP contribution in [0.2, 0.25) is 0 Å². The Labute approximate surface area is 179 Å². The summed E-state index contributed by atoms with van der Waals surface area (Å²) in [5.41, 5.74) is -0.574. The summed E-state index contributed by atoms with van der Waals surface area (Å²) in [4.78, 5) is 43.3. The van der Waals surface area contributed by atoms with Crippen LogP contribution < -0.4 is 21.8 Å². The van der Waals surface area contributed by atoms with Gasteiger partial charge in [0.05, 0.1) is 9.13 Å². The zero-order valence-electron chi connectivity index (χ0n) is 16.4. The molecule has 8 nitrogen and oxygen atoms in total. The standard InChI is InChI=1S/C20H20N4O4S2/c1-23(2)8-9-29-18-7-6-15(30-18)12-17-20(26)21-16(19(25)22-17)11-13-4-3-5-14(10-13)24(27)28/h3-7,10-12H,8-9H2,1-2H3,(H,21,26)(H,22,25). The number of hydrogen-bond donors (Lipinski definition) is 2. The van der Waals surface area contributed by atoms with Crippen LogP contribution in [0.15, 0.2) is 50.2 Å². The van der Waals surface area contributed by atoms with Gasteiger partial charge in [-0.2, -0.15) is 0 Å². The van der Waals surface area contributed by atoms with E-state index in [1.54, 1.807) is 35.2 Å². The fourth-order valence-corrected chi connectivity index (χ4v) is 4.83. The van der Waals surface area contributed by atoms with E-state index in [4.69, 9.17) is 0 Å². The summed E-state index contributed by atoms with van der Waals surface area (Å²) < 4.78 is 1.14. The van der Waals surface area contributed by atoms with Gasteiger partial charge in [-0.25, -0.2) is 0 Å². The van der Waals surface area contributed by atoms with Crippen LogP contribution in [-0.2, 0) is 0 Å². The van der Waals surface area contributed by atoms with Gasteiger partial charge in [0.1, 0.15) is 10.7 Å². The number of thiophene rings is 1. The van der Waals surface area contributed by atoms with E-state index in [2.05, 4.69) is 14.9 Å². The number of thioether (sulfide) groups is 1. The van der Waals surface area contributed by atoms with Crippen molar-refractivity contribution in [3.63, 3.8) is 0 Å². The van der Waals surface area contributed by atoms with Gasteiger partial charge >= 0.3 is 0 Å². The van der Waals surface area contributed by atoms with Crippen LogP contribution in [0.4, 0.5) is 5.69 Å². The van der Waals surface area contributed by atoms with Gasteiger partial charge in [-0.1, -0.05) is 12.1 Å². The van der Waals surface area contributed by atoms with Crippen LogP contribution in [0, 0.1) is 10.1 Å². The van der Waals surface area contributed by atoms with Crippen LogP contribution in [0.1, 0.15) is 10.4 Å². The molecule has 0 spiro atoms. The van der Waals surface area contributed by atoms with Crippen molar-refractivity contribution < 1.29 is 4.92 Å². The van der Waals surface area contributed by atoms with Crippen LogP contribution in [0.25, 0.3) is 12.2 Å². The minimum atomic E-state index is -0.517. The monoisotopic (exact) mass is 444 g/mol. The summed E-state index contributed by atoms with van der Waals surface area (Å²) in [5.74, 6) is 0.965. The van der Waals surface area contributed by atoms with Gasteiger partial charge in [0.15, 0.2) is 0 Å². The molecule has 3 aromatic rings. The second-order valence-corrected chi connectivity index (χ2v) is 9.20. The lowest BCUT2D eigenvalue weighted by molar-refractivity contribution is -0.384. The molecule has 0 amide bonds. The summed E-state index contributed by atoms with van der Waals surface area (Å²) in [7, 11) is 4.05. The number of nitro groups is 1. The first kappa shape index (κ1) is 21.8. The van der Waals surface area contributed by atoms with Gasteiger partial charge in [0.25, 0.3) is 16.8 Å². The lowest BCUT2D eigenvalue weighted by Crippen LogP contribution is -2.46. The summed E-state index contributed by atoms with van der Waals surface area (Å²) in [6.07, 6.45) is 3.04. The van der Waals surface area contributed by atoms with E-state index >= 15 is 0 Å². The van der Waals surface area contributed by atoms with E-state index in [0.29, 0.717) is 5.56 Å². The van der Waals surface area contributed by atoms with Gasteiger partial charge in [-0.15, -0.1) is 23.1 Å². The molecule has 2 heterocycles. The van der Waals surface area contributed by atoms with Crippen molar-refractivity contribution in [2.45, 2.75) is 4.21 Å². The molecule has 0 fully saturated rings. The summed E-state index contributed by atoms with van der Waals surface area (Å²) >= 11 is 3.29. The third-order valence-electron chi connectivity index (χ3n) is 4.05. The third-order valence-corrected chi connectivity index (χ3v) is 6.29. The number of H-pyrrole nitrogens is 2. The van der Waals surface area contributed by atoms with Crippen molar-refractivity contribution in [3.05, 3.63) is 88.4 Å². The fourth-order valence-electron chi connectivity index (χ4n) is 2.55. The zero-order chi connectivity index (χ0) is 21.7. The van der Waals surface area contributed by atoms with Crippen LogP contribution in [-0.4, -0.2) is 46.2 Å². The molecule has 0 atom stereocenters. The lowest BCUT2D eigenvalue weighted by Gasteiger charge is -2.07. The molecule has 0 aliphatic carbocycles. The third kappa shape index (κ3) is 5.78. The Morgan fingerprint density at radius 2 is 1.80 bits per heavy atom. The highest BCUT2D eigenvalue weighted by molar-refractivity contribution is 8.01. The molecule has 1 aromatic carbocycles. The normalized spacial score (nSPS) is 12.6. The second-order valence-electron chi connectivity index (χ2n) is 6.68. The molecule has 0 saturated heterocycles. The SMILES string of the molecule is CN(C)CCSc1ccc(C=c2[nH]c(=O)c(=Cc3cccc([N+](=O)[O-])c3)[nH]c2=O)s1. The number of rotatable bonds is 7. The molecule has 10 heteroatoms. The molecule has 2 aromatic heterocycles. The van der Waals surface area contributed by atoms with Gasteiger partial charge in [-0.3, -0.25) is 19.7 Å². The predicted molar refractivity (Wildman–Crippen MR) is 121 cm³/mol. The van der Waals surface area contributed by atoms with E-state index in [9.17, 15) is 19.7 Å². The number of nitrogens with zero attached hydrogens (tertiary/aromatic N) is 2. The number of aromatic nitrogens is 2. The Bertz CT molecular complexity index is 1290. The average Bonchev–Trinajstić information content (AvgIpc) is 3.13. The Balaban J connectivity index is 1.89. The topological polar surface area (TPSA) is 112 Å². The summed E-state index contributed by atoms with van der Waals surface area (Å²) in [6.45, 7) is 0.969. The molecule has 2 N–H and O–H groups in total.